The number of nitrogens with zero attached hydrogens (tertiary/aromatic N) is 1. The number of hydrogen-bond acceptors (Lipinski definition) is 4. The van der Waals surface area contributed by atoms with Crippen LogP contribution in [-0.4, -0.2) is 10.9 Å². The van der Waals surface area contributed by atoms with Gasteiger partial charge in [-0.05, 0) is 18.2 Å². The van der Waals surface area contributed by atoms with E-state index in [-0.39, 0.29) is 11.8 Å². The molecule has 0 aliphatic heterocycles. The lowest BCUT2D eigenvalue weighted by molar-refractivity contribution is -0.118. The molecule has 4 nitrogen and oxygen atoms in total. The van der Waals surface area contributed by atoms with Crippen LogP contribution in [0.3, 0.4) is 0 Å². The van der Waals surface area contributed by atoms with Crippen molar-refractivity contribution in [2.45, 2.75) is 13.8 Å². The van der Waals surface area contributed by atoms with Crippen LogP contribution in [0, 0.1) is 5.92 Å². The molecule has 3 N–H and O–H groups in total. The van der Waals surface area contributed by atoms with Gasteiger partial charge in [-0.25, -0.2) is 4.98 Å². The van der Waals surface area contributed by atoms with Crippen molar-refractivity contribution in [1.82, 2.24) is 4.98 Å². The molecule has 1 amide bonds. The number of anilines is 2. The van der Waals surface area contributed by atoms with E-state index < -0.39 is 0 Å². The molecule has 16 heavy (non-hydrogen) atoms. The number of amides is 1. The van der Waals surface area contributed by atoms with Crippen LogP contribution in [0.15, 0.2) is 18.2 Å². The predicted octanol–water partition coefficient (Wildman–Crippen LogP) is 2.47. The summed E-state index contributed by atoms with van der Waals surface area (Å²) in [7, 11) is 0. The van der Waals surface area contributed by atoms with E-state index >= 15 is 0 Å². The molecule has 0 aliphatic rings. The van der Waals surface area contributed by atoms with Crippen molar-refractivity contribution in [1.29, 1.82) is 0 Å². The molecule has 0 radical (unpaired) electrons. The number of carbonyl (C=O) groups is 1. The van der Waals surface area contributed by atoms with Gasteiger partial charge in [0.25, 0.3) is 0 Å². The molecule has 2 rings (SSSR count). The lowest BCUT2D eigenvalue weighted by Crippen LogP contribution is -2.17. The summed E-state index contributed by atoms with van der Waals surface area (Å²) in [6, 6.07) is 5.51. The third-order valence-electron chi connectivity index (χ3n) is 2.17. The Kier molecular flexibility index (Phi) is 2.78. The molecule has 0 bridgehead atoms. The van der Waals surface area contributed by atoms with Crippen LogP contribution >= 0.6 is 11.3 Å². The smallest absolute Gasteiger partial charge is 0.228 e. The fourth-order valence-electron chi connectivity index (χ4n) is 1.24. The Balaban J connectivity index is 2.29. The largest absolute Gasteiger partial charge is 0.399 e. The highest BCUT2D eigenvalue weighted by Crippen LogP contribution is 2.27. The van der Waals surface area contributed by atoms with Crippen LogP contribution in [-0.2, 0) is 4.79 Å². The average Bonchev–Trinajstić information content (AvgIpc) is 2.58. The first-order valence-electron chi connectivity index (χ1n) is 5.03. The fraction of sp³-hybridized carbons (Fsp3) is 0.273. The standard InChI is InChI=1S/C11H13N3OS/c1-6(2)10(15)14-11-13-8-4-3-7(12)5-9(8)16-11/h3-6H,12H2,1-2H3,(H,13,14,15). The van der Waals surface area contributed by atoms with Crippen molar-refractivity contribution < 1.29 is 4.79 Å². The summed E-state index contributed by atoms with van der Waals surface area (Å²) in [5.41, 5.74) is 7.24. The minimum Gasteiger partial charge on any atom is -0.399 e. The molecule has 5 heteroatoms. The highest BCUT2D eigenvalue weighted by molar-refractivity contribution is 7.22. The molecular weight excluding hydrogens is 222 g/mol. The number of aromatic nitrogens is 1. The van der Waals surface area contributed by atoms with Crippen LogP contribution in [0.5, 0.6) is 0 Å². The molecule has 0 saturated carbocycles. The number of fused-ring (bicyclic) bond motifs is 1. The van der Waals surface area contributed by atoms with Crippen molar-refractivity contribution in [2.24, 2.45) is 5.92 Å². The quantitative estimate of drug-likeness (QED) is 0.786. The van der Waals surface area contributed by atoms with Gasteiger partial charge >= 0.3 is 0 Å². The predicted molar refractivity (Wildman–Crippen MR) is 67.5 cm³/mol. The summed E-state index contributed by atoms with van der Waals surface area (Å²) < 4.78 is 0.985. The van der Waals surface area contributed by atoms with Crippen molar-refractivity contribution in [3.05, 3.63) is 18.2 Å². The van der Waals surface area contributed by atoms with Crippen molar-refractivity contribution >= 4 is 38.3 Å². The maximum Gasteiger partial charge on any atom is 0.228 e. The second-order valence-corrected chi connectivity index (χ2v) is 4.92. The maximum atomic E-state index is 11.5. The van der Waals surface area contributed by atoms with E-state index in [9.17, 15) is 4.79 Å². The Morgan fingerprint density at radius 1 is 1.50 bits per heavy atom. The first-order chi connectivity index (χ1) is 7.56. The van der Waals surface area contributed by atoms with Crippen molar-refractivity contribution in [2.75, 3.05) is 11.1 Å². The van der Waals surface area contributed by atoms with E-state index in [0.717, 1.165) is 10.2 Å². The van der Waals surface area contributed by atoms with E-state index in [1.165, 1.54) is 11.3 Å². The Bertz CT molecular complexity index is 533. The van der Waals surface area contributed by atoms with Crippen LogP contribution in [0.2, 0.25) is 0 Å². The Morgan fingerprint density at radius 2 is 2.25 bits per heavy atom. The third-order valence-corrected chi connectivity index (χ3v) is 3.10. The average molecular weight is 235 g/mol. The molecule has 84 valence electrons. The summed E-state index contributed by atoms with van der Waals surface area (Å²) in [5, 5.41) is 3.40. The van der Waals surface area contributed by atoms with E-state index in [2.05, 4.69) is 10.3 Å². The van der Waals surface area contributed by atoms with Crippen LogP contribution in [0.1, 0.15) is 13.8 Å². The monoisotopic (exact) mass is 235 g/mol. The minimum atomic E-state index is -0.0444. The van der Waals surface area contributed by atoms with Crippen LogP contribution < -0.4 is 11.1 Å². The zero-order chi connectivity index (χ0) is 11.7. The van der Waals surface area contributed by atoms with Gasteiger partial charge < -0.3 is 11.1 Å². The van der Waals surface area contributed by atoms with Gasteiger partial charge in [-0.2, -0.15) is 0 Å². The second kappa shape index (κ2) is 4.09. The topological polar surface area (TPSA) is 68.0 Å². The minimum absolute atomic E-state index is 0.0213. The SMILES string of the molecule is CC(C)C(=O)Nc1nc2ccc(N)cc2s1. The van der Waals surface area contributed by atoms with Gasteiger partial charge in [-0.1, -0.05) is 25.2 Å². The molecular formula is C11H13N3OS. The summed E-state index contributed by atoms with van der Waals surface area (Å²) in [6.07, 6.45) is 0. The molecule has 0 aliphatic carbocycles. The van der Waals surface area contributed by atoms with Crippen molar-refractivity contribution in [3.63, 3.8) is 0 Å². The van der Waals surface area contributed by atoms with Crippen LogP contribution in [0.4, 0.5) is 10.8 Å². The second-order valence-electron chi connectivity index (χ2n) is 3.89. The van der Waals surface area contributed by atoms with Gasteiger partial charge in [0.05, 0.1) is 10.2 Å². The molecule has 0 saturated heterocycles. The zero-order valence-corrected chi connectivity index (χ0v) is 9.97. The number of nitrogens with one attached hydrogen (secondary N) is 1. The first kappa shape index (κ1) is 10.9. The van der Waals surface area contributed by atoms with Gasteiger partial charge in [0.15, 0.2) is 5.13 Å². The van der Waals surface area contributed by atoms with Gasteiger partial charge in [-0.3, -0.25) is 4.79 Å². The maximum absolute atomic E-state index is 11.5. The summed E-state index contributed by atoms with van der Waals surface area (Å²) in [4.78, 5) is 15.8. The summed E-state index contributed by atoms with van der Waals surface area (Å²) in [6.45, 7) is 3.70. The zero-order valence-electron chi connectivity index (χ0n) is 9.15. The van der Waals surface area contributed by atoms with E-state index in [1.54, 1.807) is 6.07 Å². The molecule has 1 aromatic heterocycles. The number of hydrogen-bond donors (Lipinski definition) is 2. The van der Waals surface area contributed by atoms with Crippen molar-refractivity contribution in [3.8, 4) is 0 Å². The van der Waals surface area contributed by atoms with Gasteiger partial charge in [0, 0.05) is 11.6 Å². The summed E-state index contributed by atoms with van der Waals surface area (Å²) >= 11 is 1.43. The fourth-order valence-corrected chi connectivity index (χ4v) is 2.16. The summed E-state index contributed by atoms with van der Waals surface area (Å²) in [5.74, 6) is -0.0656. The highest BCUT2D eigenvalue weighted by atomic mass is 32.1. The molecule has 1 aromatic carbocycles. The number of thiazole rings is 1. The molecule has 0 fully saturated rings. The number of nitrogen functional groups attached to an aromatic ring is 1. The van der Waals surface area contributed by atoms with Gasteiger partial charge in [0.2, 0.25) is 5.91 Å². The Labute approximate surface area is 97.5 Å². The number of rotatable bonds is 2. The number of carbonyl (C=O) groups excluding carboxylic acids is 1. The van der Waals surface area contributed by atoms with Gasteiger partial charge in [0.1, 0.15) is 0 Å². The molecule has 0 spiro atoms. The number of nitrogens with two attached hydrogens (primary N) is 1. The third kappa shape index (κ3) is 2.14. The Morgan fingerprint density at radius 3 is 2.94 bits per heavy atom. The van der Waals surface area contributed by atoms with Crippen LogP contribution in [0.25, 0.3) is 10.2 Å². The molecule has 1 heterocycles. The lowest BCUT2D eigenvalue weighted by Gasteiger charge is -2.02. The molecule has 0 unspecified atom stereocenters. The van der Waals surface area contributed by atoms with E-state index in [1.807, 2.05) is 26.0 Å². The Hall–Kier alpha value is -1.62. The lowest BCUT2D eigenvalue weighted by atomic mass is 10.2. The van der Waals surface area contributed by atoms with Gasteiger partial charge in [-0.15, -0.1) is 0 Å². The van der Waals surface area contributed by atoms with E-state index in [4.69, 9.17) is 5.73 Å². The normalized spacial score (nSPS) is 10.9. The molecule has 0 atom stereocenters. The molecule has 2 aromatic rings. The first-order valence-corrected chi connectivity index (χ1v) is 5.85. The highest BCUT2D eigenvalue weighted by Gasteiger charge is 2.10. The number of benzene rings is 1. The van der Waals surface area contributed by atoms with E-state index in [0.29, 0.717) is 10.8 Å².